The molecule has 0 aromatic rings. The SMILES string of the molecule is [2H]C1(C(=O)/C(=C(\O)C2([2H])CCCCC2)C([2H])([2H])[2H])CCCCC1. The molecule has 0 aliphatic heterocycles. The van der Waals surface area contributed by atoms with Gasteiger partial charge in [0.05, 0.1) is 0 Å². The Morgan fingerprint density at radius 1 is 1.00 bits per heavy atom. The molecule has 2 fully saturated rings. The molecule has 1 N–H and O–H groups in total. The van der Waals surface area contributed by atoms with Gasteiger partial charge in [-0.05, 0) is 32.5 Å². The van der Waals surface area contributed by atoms with E-state index in [1.165, 1.54) is 0 Å². The van der Waals surface area contributed by atoms with Crippen LogP contribution in [0.4, 0.5) is 0 Å². The van der Waals surface area contributed by atoms with Crippen molar-refractivity contribution in [3.05, 3.63) is 11.3 Å². The van der Waals surface area contributed by atoms with Crippen molar-refractivity contribution in [2.45, 2.75) is 71.1 Å². The van der Waals surface area contributed by atoms with Crippen molar-refractivity contribution < 1.29 is 16.8 Å². The van der Waals surface area contributed by atoms with Crippen LogP contribution < -0.4 is 0 Å². The van der Waals surface area contributed by atoms with Crippen molar-refractivity contribution in [2.75, 3.05) is 0 Å². The second-order valence-electron chi connectivity index (χ2n) is 5.38. The van der Waals surface area contributed by atoms with E-state index in [1.807, 2.05) is 0 Å². The van der Waals surface area contributed by atoms with E-state index in [9.17, 15) is 9.90 Å². The highest BCUT2D eigenvalue weighted by Crippen LogP contribution is 2.32. The topological polar surface area (TPSA) is 37.3 Å². The molecular weight excluding hydrogens is 224 g/mol. The van der Waals surface area contributed by atoms with Gasteiger partial charge in [-0.2, -0.15) is 0 Å². The average molecular weight is 255 g/mol. The standard InChI is InChI=1S/C16H26O2/c1-12(15(17)13-8-4-2-5-9-13)16(18)14-10-6-3-7-11-14/h13-14,17H,2-11H2,1H3/b15-12-/i1D3,13D,14D. The molecule has 2 saturated carbocycles. The lowest BCUT2D eigenvalue weighted by atomic mass is 9.81. The van der Waals surface area contributed by atoms with Gasteiger partial charge in [0.2, 0.25) is 0 Å². The summed E-state index contributed by atoms with van der Waals surface area (Å²) in [5, 5.41) is 10.6. The van der Waals surface area contributed by atoms with Crippen molar-refractivity contribution in [2.24, 2.45) is 11.8 Å². The van der Waals surface area contributed by atoms with E-state index in [2.05, 4.69) is 0 Å². The molecule has 18 heavy (non-hydrogen) atoms. The van der Waals surface area contributed by atoms with Crippen LogP contribution in [0, 0.1) is 11.8 Å². The van der Waals surface area contributed by atoms with E-state index in [1.54, 1.807) is 0 Å². The van der Waals surface area contributed by atoms with Gasteiger partial charge >= 0.3 is 0 Å². The molecule has 0 radical (unpaired) electrons. The molecule has 0 heterocycles. The van der Waals surface area contributed by atoms with Crippen LogP contribution in [0.15, 0.2) is 11.3 Å². The average Bonchev–Trinajstić information content (AvgIpc) is 2.47. The Morgan fingerprint density at radius 2 is 1.50 bits per heavy atom. The van der Waals surface area contributed by atoms with Gasteiger partial charge in [-0.1, -0.05) is 38.5 Å². The molecule has 2 aliphatic carbocycles. The Balaban J connectivity index is 2.44. The number of carbonyl (C=O) groups is 1. The third-order valence-corrected chi connectivity index (χ3v) is 4.03. The van der Waals surface area contributed by atoms with Crippen LogP contribution in [0.25, 0.3) is 0 Å². The van der Waals surface area contributed by atoms with E-state index in [4.69, 9.17) is 6.85 Å². The number of rotatable bonds is 3. The summed E-state index contributed by atoms with van der Waals surface area (Å²) in [4.78, 5) is 12.8. The summed E-state index contributed by atoms with van der Waals surface area (Å²) in [7, 11) is 0. The molecule has 0 bridgehead atoms. The lowest BCUT2D eigenvalue weighted by Crippen LogP contribution is -2.21. The van der Waals surface area contributed by atoms with E-state index >= 15 is 0 Å². The first-order valence-corrected chi connectivity index (χ1v) is 7.09. The molecule has 2 aliphatic rings. The number of hydrogen-bond acceptors (Lipinski definition) is 2. The van der Waals surface area contributed by atoms with E-state index in [0.29, 0.717) is 25.7 Å². The van der Waals surface area contributed by atoms with Gasteiger partial charge in [-0.25, -0.2) is 0 Å². The zero-order chi connectivity index (χ0) is 17.3. The van der Waals surface area contributed by atoms with E-state index in [-0.39, 0.29) is 0 Å². The predicted octanol–water partition coefficient (Wildman–Crippen LogP) is 4.55. The Kier molecular flexibility index (Phi) is 2.98. The number of aliphatic hydroxyl groups is 1. The van der Waals surface area contributed by atoms with Crippen molar-refractivity contribution in [3.8, 4) is 0 Å². The molecule has 0 atom stereocenters. The summed E-state index contributed by atoms with van der Waals surface area (Å²) >= 11 is 0. The minimum atomic E-state index is -2.79. The van der Waals surface area contributed by atoms with Gasteiger partial charge in [0.25, 0.3) is 0 Å². The highest BCUT2D eigenvalue weighted by molar-refractivity contribution is 5.97. The van der Waals surface area contributed by atoms with Crippen LogP contribution in [0.1, 0.15) is 77.9 Å². The molecule has 0 saturated heterocycles. The molecular formula is C16H26O2. The fourth-order valence-corrected chi connectivity index (χ4v) is 2.88. The largest absolute Gasteiger partial charge is 0.512 e. The zero-order valence-electron chi connectivity index (χ0n) is 15.9. The summed E-state index contributed by atoms with van der Waals surface area (Å²) < 4.78 is 39.9. The number of Topliss-reactive ketones (excluding diaryl/α,β-unsaturated/α-hetero) is 1. The fourth-order valence-electron chi connectivity index (χ4n) is 2.88. The Bertz CT molecular complexity index is 483. The Labute approximate surface area is 117 Å². The fraction of sp³-hybridized carbons (Fsp3) is 0.812. The normalized spacial score (nSPS) is 33.0. The van der Waals surface area contributed by atoms with Crippen molar-refractivity contribution in [3.63, 3.8) is 0 Å². The highest BCUT2D eigenvalue weighted by atomic mass is 16.3. The van der Waals surface area contributed by atoms with Gasteiger partial charge in [-0.3, -0.25) is 4.79 Å². The van der Waals surface area contributed by atoms with Crippen LogP contribution >= 0.6 is 0 Å². The molecule has 0 amide bonds. The monoisotopic (exact) mass is 255 g/mol. The van der Waals surface area contributed by atoms with Gasteiger partial charge in [0.1, 0.15) is 5.76 Å². The summed E-state index contributed by atoms with van der Waals surface area (Å²) in [6.07, 6.45) is 6.17. The molecule has 2 rings (SSSR count). The first-order chi connectivity index (χ1) is 10.6. The third kappa shape index (κ3) is 3.15. The smallest absolute Gasteiger partial charge is 0.164 e. The number of carbonyl (C=O) groups excluding carboxylic acids is 1. The maximum atomic E-state index is 12.8. The van der Waals surface area contributed by atoms with Gasteiger partial charge < -0.3 is 5.11 Å². The third-order valence-electron chi connectivity index (χ3n) is 4.03. The molecule has 2 heteroatoms. The first kappa shape index (κ1) is 8.39. The summed E-state index contributed by atoms with van der Waals surface area (Å²) in [6, 6.07) is 0. The Morgan fingerprint density at radius 3 is 2.00 bits per heavy atom. The number of hydrogen-bond donors (Lipinski definition) is 1. The second kappa shape index (κ2) is 6.40. The number of aliphatic hydroxyl groups excluding tert-OH is 1. The summed E-state index contributed by atoms with van der Waals surface area (Å²) in [5.74, 6) is -4.28. The van der Waals surface area contributed by atoms with Crippen LogP contribution in [0.5, 0.6) is 0 Å². The highest BCUT2D eigenvalue weighted by Gasteiger charge is 2.27. The molecule has 102 valence electrons. The predicted molar refractivity (Wildman–Crippen MR) is 73.5 cm³/mol. The van der Waals surface area contributed by atoms with Crippen molar-refractivity contribution >= 4 is 5.78 Å². The van der Waals surface area contributed by atoms with Crippen molar-refractivity contribution in [1.29, 1.82) is 0 Å². The molecule has 0 aromatic carbocycles. The van der Waals surface area contributed by atoms with Crippen LogP contribution in [-0.2, 0) is 4.79 Å². The van der Waals surface area contributed by atoms with Gasteiger partial charge in [0, 0.05) is 24.2 Å². The maximum absolute atomic E-state index is 12.8. The van der Waals surface area contributed by atoms with Gasteiger partial charge in [-0.15, -0.1) is 0 Å². The molecule has 0 spiro atoms. The Hall–Kier alpha value is -0.790. The van der Waals surface area contributed by atoms with Crippen molar-refractivity contribution in [1.82, 2.24) is 0 Å². The second-order valence-corrected chi connectivity index (χ2v) is 5.38. The summed E-state index contributed by atoms with van der Waals surface area (Å²) in [6.45, 7) is -2.79. The number of allylic oxidation sites excluding steroid dienone is 2. The maximum Gasteiger partial charge on any atom is 0.164 e. The van der Waals surface area contributed by atoms with E-state index < -0.39 is 35.8 Å². The molecule has 0 unspecified atom stereocenters. The lowest BCUT2D eigenvalue weighted by molar-refractivity contribution is -0.120. The number of ketones is 1. The zero-order valence-corrected chi connectivity index (χ0v) is 10.9. The van der Waals surface area contributed by atoms with E-state index in [0.717, 1.165) is 38.5 Å². The van der Waals surface area contributed by atoms with Crippen LogP contribution in [-0.4, -0.2) is 10.9 Å². The van der Waals surface area contributed by atoms with Gasteiger partial charge in [0.15, 0.2) is 5.78 Å². The molecule has 0 aromatic heterocycles. The molecule has 2 nitrogen and oxygen atoms in total. The lowest BCUT2D eigenvalue weighted by Gasteiger charge is -2.25. The quantitative estimate of drug-likeness (QED) is 0.593. The van der Waals surface area contributed by atoms with Crippen LogP contribution in [0.3, 0.4) is 0 Å². The van der Waals surface area contributed by atoms with Crippen LogP contribution in [0.2, 0.25) is 0 Å². The minimum absolute atomic E-state index is 0.323. The first-order valence-electron chi connectivity index (χ1n) is 9.59. The summed E-state index contributed by atoms with van der Waals surface area (Å²) in [5.41, 5.74) is -0.661. The minimum Gasteiger partial charge on any atom is -0.512 e.